The molecule has 14 heavy (non-hydrogen) atoms. The molecule has 2 atom stereocenters. The largest absolute Gasteiger partial charge is 0.380 e. The summed E-state index contributed by atoms with van der Waals surface area (Å²) in [6, 6.07) is 0.640. The molecule has 1 rings (SSSR count). The molecule has 2 unspecified atom stereocenters. The van der Waals surface area contributed by atoms with E-state index in [9.17, 15) is 0 Å². The lowest BCUT2D eigenvalue weighted by atomic mass is 10.2. The zero-order chi connectivity index (χ0) is 10.4. The Balaban J connectivity index is 2.07. The molecule has 0 aromatic carbocycles. The second-order valence-corrected chi connectivity index (χ2v) is 4.19. The van der Waals surface area contributed by atoms with Crippen LogP contribution in [0.2, 0.25) is 0 Å². The Morgan fingerprint density at radius 1 is 1.57 bits per heavy atom. The number of ether oxygens (including phenoxy) is 1. The molecule has 0 aromatic rings. The fourth-order valence-corrected chi connectivity index (χ4v) is 2.02. The van der Waals surface area contributed by atoms with E-state index in [0.29, 0.717) is 12.1 Å². The van der Waals surface area contributed by atoms with Crippen LogP contribution in [0.5, 0.6) is 0 Å². The van der Waals surface area contributed by atoms with Crippen molar-refractivity contribution in [1.29, 1.82) is 0 Å². The minimum atomic E-state index is 0.476. The maximum Gasteiger partial charge on any atom is 0.0710 e. The van der Waals surface area contributed by atoms with E-state index in [1.54, 1.807) is 0 Å². The maximum absolute atomic E-state index is 5.34. The Morgan fingerprint density at radius 2 is 2.36 bits per heavy atom. The lowest BCUT2D eigenvalue weighted by molar-refractivity contribution is 0.107. The monoisotopic (exact) mass is 200 g/mol. The summed E-state index contributed by atoms with van der Waals surface area (Å²) in [5, 5.41) is 3.44. The predicted molar refractivity (Wildman–Crippen MR) is 59.6 cm³/mol. The van der Waals surface area contributed by atoms with Crippen LogP contribution in [0.3, 0.4) is 0 Å². The molecule has 1 aliphatic heterocycles. The first-order chi connectivity index (χ1) is 6.76. The Hall–Kier alpha value is -0.120. The Kier molecular flexibility index (Phi) is 5.45. The van der Waals surface area contributed by atoms with Crippen LogP contribution in [-0.4, -0.2) is 50.3 Å². The molecular weight excluding hydrogens is 176 g/mol. The number of likely N-dealkylation sites (tertiary alicyclic amines) is 1. The van der Waals surface area contributed by atoms with Gasteiger partial charge in [-0.25, -0.2) is 0 Å². The summed E-state index contributed by atoms with van der Waals surface area (Å²) in [6.07, 6.45) is 2.92. The number of rotatable bonds is 6. The average Bonchev–Trinajstić information content (AvgIpc) is 2.63. The summed E-state index contributed by atoms with van der Waals surface area (Å²) in [6.45, 7) is 9.02. The Morgan fingerprint density at radius 3 is 2.93 bits per heavy atom. The summed E-state index contributed by atoms with van der Waals surface area (Å²) in [5.41, 5.74) is 0. The van der Waals surface area contributed by atoms with Crippen molar-refractivity contribution in [1.82, 2.24) is 10.2 Å². The number of hydrogen-bond donors (Lipinski definition) is 1. The van der Waals surface area contributed by atoms with E-state index in [4.69, 9.17) is 4.74 Å². The first kappa shape index (κ1) is 12.0. The molecule has 1 aliphatic rings. The van der Waals surface area contributed by atoms with E-state index in [2.05, 4.69) is 24.1 Å². The van der Waals surface area contributed by atoms with Gasteiger partial charge >= 0.3 is 0 Å². The molecule has 1 N–H and O–H groups in total. The topological polar surface area (TPSA) is 24.5 Å². The van der Waals surface area contributed by atoms with Crippen molar-refractivity contribution in [3.63, 3.8) is 0 Å². The van der Waals surface area contributed by atoms with Crippen LogP contribution >= 0.6 is 0 Å². The van der Waals surface area contributed by atoms with Gasteiger partial charge in [-0.3, -0.25) is 0 Å². The number of hydrogen-bond acceptors (Lipinski definition) is 3. The van der Waals surface area contributed by atoms with Crippen molar-refractivity contribution < 1.29 is 4.74 Å². The molecule has 1 heterocycles. The highest BCUT2D eigenvalue weighted by Gasteiger charge is 2.21. The second kappa shape index (κ2) is 6.38. The fourth-order valence-electron chi connectivity index (χ4n) is 2.02. The van der Waals surface area contributed by atoms with Gasteiger partial charge in [0, 0.05) is 26.2 Å². The van der Waals surface area contributed by atoms with Gasteiger partial charge < -0.3 is 15.0 Å². The van der Waals surface area contributed by atoms with E-state index >= 15 is 0 Å². The van der Waals surface area contributed by atoms with E-state index in [1.165, 1.54) is 25.9 Å². The molecule has 1 saturated heterocycles. The molecular formula is C11H24N2O. The lowest BCUT2D eigenvalue weighted by Crippen LogP contribution is -2.32. The number of nitrogens with one attached hydrogen (secondary N) is 1. The molecule has 3 heteroatoms. The highest BCUT2D eigenvalue weighted by molar-refractivity contribution is 4.76. The van der Waals surface area contributed by atoms with E-state index in [-0.39, 0.29) is 0 Å². The van der Waals surface area contributed by atoms with Crippen LogP contribution in [0, 0.1) is 0 Å². The van der Waals surface area contributed by atoms with Crippen LogP contribution < -0.4 is 5.32 Å². The van der Waals surface area contributed by atoms with Crippen LogP contribution in [0.15, 0.2) is 0 Å². The van der Waals surface area contributed by atoms with Gasteiger partial charge in [0.05, 0.1) is 6.10 Å². The highest BCUT2D eigenvalue weighted by Crippen LogP contribution is 2.12. The van der Waals surface area contributed by atoms with E-state index in [0.717, 1.165) is 13.1 Å². The molecule has 84 valence electrons. The second-order valence-electron chi connectivity index (χ2n) is 4.19. The molecule has 0 bridgehead atoms. The van der Waals surface area contributed by atoms with Crippen LogP contribution in [0.1, 0.15) is 26.7 Å². The Labute approximate surface area is 87.8 Å². The van der Waals surface area contributed by atoms with E-state index < -0.39 is 0 Å². The first-order valence-corrected chi connectivity index (χ1v) is 5.74. The van der Waals surface area contributed by atoms with Crippen molar-refractivity contribution >= 4 is 0 Å². The van der Waals surface area contributed by atoms with Gasteiger partial charge in [0.15, 0.2) is 0 Å². The molecule has 0 amide bonds. The van der Waals surface area contributed by atoms with Gasteiger partial charge in [0.1, 0.15) is 0 Å². The van der Waals surface area contributed by atoms with Gasteiger partial charge in [0.2, 0.25) is 0 Å². The van der Waals surface area contributed by atoms with Crippen molar-refractivity contribution in [2.45, 2.75) is 38.8 Å². The fraction of sp³-hybridized carbons (Fsp3) is 1.00. The molecule has 0 saturated carbocycles. The number of methoxy groups -OCH3 is 1. The van der Waals surface area contributed by atoms with Crippen molar-refractivity contribution in [2.24, 2.45) is 0 Å². The van der Waals surface area contributed by atoms with Crippen LogP contribution in [0.4, 0.5) is 0 Å². The number of nitrogens with zero attached hydrogens (tertiary/aromatic N) is 1. The summed E-state index contributed by atoms with van der Waals surface area (Å²) >= 11 is 0. The molecule has 0 aromatic heterocycles. The lowest BCUT2D eigenvalue weighted by Gasteiger charge is -2.18. The highest BCUT2D eigenvalue weighted by atomic mass is 16.5. The SMILES string of the molecule is CCNC(C)CCN1CCC(OC)C1. The summed E-state index contributed by atoms with van der Waals surface area (Å²) < 4.78 is 5.34. The Bertz CT molecular complexity index is 152. The molecule has 1 fully saturated rings. The van der Waals surface area contributed by atoms with E-state index in [1.807, 2.05) is 7.11 Å². The predicted octanol–water partition coefficient (Wildman–Crippen LogP) is 1.10. The molecule has 0 aliphatic carbocycles. The molecule has 0 radical (unpaired) electrons. The van der Waals surface area contributed by atoms with Gasteiger partial charge in [-0.1, -0.05) is 6.92 Å². The average molecular weight is 200 g/mol. The smallest absolute Gasteiger partial charge is 0.0710 e. The normalized spacial score (nSPS) is 25.5. The third kappa shape index (κ3) is 3.95. The third-order valence-corrected chi connectivity index (χ3v) is 2.99. The van der Waals surface area contributed by atoms with Crippen molar-refractivity contribution in [3.05, 3.63) is 0 Å². The van der Waals surface area contributed by atoms with Crippen LogP contribution in [0.25, 0.3) is 0 Å². The van der Waals surface area contributed by atoms with Crippen molar-refractivity contribution in [3.8, 4) is 0 Å². The minimum Gasteiger partial charge on any atom is -0.380 e. The third-order valence-electron chi connectivity index (χ3n) is 2.99. The van der Waals surface area contributed by atoms with Gasteiger partial charge in [-0.05, 0) is 32.9 Å². The maximum atomic E-state index is 5.34. The quantitative estimate of drug-likeness (QED) is 0.695. The van der Waals surface area contributed by atoms with Crippen molar-refractivity contribution in [2.75, 3.05) is 33.3 Å². The summed E-state index contributed by atoms with van der Waals surface area (Å²) in [5.74, 6) is 0. The molecule has 3 nitrogen and oxygen atoms in total. The van der Waals surface area contributed by atoms with Gasteiger partial charge in [0.25, 0.3) is 0 Å². The minimum absolute atomic E-state index is 0.476. The molecule has 0 spiro atoms. The zero-order valence-corrected chi connectivity index (χ0v) is 9.75. The zero-order valence-electron chi connectivity index (χ0n) is 9.75. The van der Waals surface area contributed by atoms with Gasteiger partial charge in [-0.15, -0.1) is 0 Å². The summed E-state index contributed by atoms with van der Waals surface area (Å²) in [4.78, 5) is 2.50. The van der Waals surface area contributed by atoms with Crippen LogP contribution in [-0.2, 0) is 4.74 Å². The first-order valence-electron chi connectivity index (χ1n) is 5.74. The summed E-state index contributed by atoms with van der Waals surface area (Å²) in [7, 11) is 1.81. The standard InChI is InChI=1S/C11H24N2O/c1-4-12-10(2)5-7-13-8-6-11(9-13)14-3/h10-12H,4-9H2,1-3H3. The van der Waals surface area contributed by atoms with Gasteiger partial charge in [-0.2, -0.15) is 0 Å².